The van der Waals surface area contributed by atoms with Gasteiger partial charge in [-0.2, -0.15) is 0 Å². The van der Waals surface area contributed by atoms with Crippen LogP contribution in [0.15, 0.2) is 53.4 Å². The van der Waals surface area contributed by atoms with Crippen LogP contribution in [0.1, 0.15) is 35.6 Å². The molecule has 0 radical (unpaired) electrons. The van der Waals surface area contributed by atoms with Crippen molar-refractivity contribution < 1.29 is 13.2 Å². The van der Waals surface area contributed by atoms with Gasteiger partial charge in [0, 0.05) is 12.7 Å². The molecular formula is C20H27ClN2O3S. The standard InChI is InChI=1S/C20H26N2O3S.ClH/c1-15-9-11-16(12-10-15)20(22-19(23)8-5-13-21-2)17-6-4-7-18(14-17)26(3,24)25;/h4,6-7,9-12,14,20-21H,5,8,13H2,1-3H3,(H,22,23);1H. The smallest absolute Gasteiger partial charge is 0.220 e. The van der Waals surface area contributed by atoms with Gasteiger partial charge in [0.05, 0.1) is 10.9 Å². The van der Waals surface area contributed by atoms with E-state index in [0.29, 0.717) is 6.42 Å². The van der Waals surface area contributed by atoms with Crippen LogP contribution in [0.3, 0.4) is 0 Å². The zero-order valence-corrected chi connectivity index (χ0v) is 17.5. The van der Waals surface area contributed by atoms with Gasteiger partial charge >= 0.3 is 0 Å². The van der Waals surface area contributed by atoms with Crippen LogP contribution in [0.2, 0.25) is 0 Å². The molecule has 0 aromatic heterocycles. The van der Waals surface area contributed by atoms with Gasteiger partial charge in [0.15, 0.2) is 9.84 Å². The Bertz CT molecular complexity index is 852. The molecule has 0 spiro atoms. The number of sulfone groups is 1. The number of rotatable bonds is 8. The summed E-state index contributed by atoms with van der Waals surface area (Å²) in [7, 11) is -1.46. The highest BCUT2D eigenvalue weighted by Gasteiger charge is 2.18. The van der Waals surface area contributed by atoms with Crippen molar-refractivity contribution in [3.63, 3.8) is 0 Å². The first-order valence-electron chi connectivity index (χ1n) is 8.62. The number of nitrogens with one attached hydrogen (secondary N) is 2. The van der Waals surface area contributed by atoms with E-state index in [1.54, 1.807) is 18.2 Å². The van der Waals surface area contributed by atoms with Crippen molar-refractivity contribution in [2.75, 3.05) is 19.8 Å². The van der Waals surface area contributed by atoms with E-state index < -0.39 is 9.84 Å². The van der Waals surface area contributed by atoms with Gasteiger partial charge in [-0.25, -0.2) is 8.42 Å². The molecular weight excluding hydrogens is 384 g/mol. The number of hydrogen-bond acceptors (Lipinski definition) is 4. The van der Waals surface area contributed by atoms with Crippen molar-refractivity contribution in [3.05, 3.63) is 65.2 Å². The minimum Gasteiger partial charge on any atom is -0.345 e. The normalized spacial score (nSPS) is 12.1. The van der Waals surface area contributed by atoms with E-state index in [-0.39, 0.29) is 29.3 Å². The number of halogens is 1. The van der Waals surface area contributed by atoms with Crippen LogP contribution in [0.5, 0.6) is 0 Å². The van der Waals surface area contributed by atoms with Gasteiger partial charge in [0.2, 0.25) is 5.91 Å². The Labute approximate surface area is 167 Å². The summed E-state index contributed by atoms with van der Waals surface area (Å²) < 4.78 is 23.8. The predicted octanol–water partition coefficient (Wildman–Crippen LogP) is 3.03. The average molecular weight is 411 g/mol. The van der Waals surface area contributed by atoms with Crippen molar-refractivity contribution in [2.45, 2.75) is 30.7 Å². The van der Waals surface area contributed by atoms with Gasteiger partial charge in [-0.05, 0) is 50.2 Å². The molecule has 2 aromatic rings. The molecule has 2 N–H and O–H groups in total. The topological polar surface area (TPSA) is 75.3 Å². The minimum atomic E-state index is -3.31. The third-order valence-corrected chi connectivity index (χ3v) is 5.28. The van der Waals surface area contributed by atoms with Gasteiger partial charge in [-0.1, -0.05) is 42.0 Å². The van der Waals surface area contributed by atoms with Crippen molar-refractivity contribution >= 4 is 28.2 Å². The average Bonchev–Trinajstić information content (AvgIpc) is 2.60. The van der Waals surface area contributed by atoms with Crippen molar-refractivity contribution in [2.24, 2.45) is 0 Å². The van der Waals surface area contributed by atoms with Gasteiger partial charge in [-0.15, -0.1) is 12.4 Å². The van der Waals surface area contributed by atoms with E-state index in [1.807, 2.05) is 44.3 Å². The first-order chi connectivity index (χ1) is 12.3. The zero-order valence-electron chi connectivity index (χ0n) is 15.9. The van der Waals surface area contributed by atoms with Crippen LogP contribution >= 0.6 is 12.4 Å². The fourth-order valence-electron chi connectivity index (χ4n) is 2.70. The Balaban J connectivity index is 0.00000364. The van der Waals surface area contributed by atoms with Crippen LogP contribution in [-0.4, -0.2) is 34.2 Å². The summed E-state index contributed by atoms with van der Waals surface area (Å²) in [5.41, 5.74) is 2.79. The molecule has 1 unspecified atom stereocenters. The first-order valence-corrected chi connectivity index (χ1v) is 10.5. The van der Waals surface area contributed by atoms with Crippen LogP contribution in [0, 0.1) is 6.92 Å². The second kappa shape index (κ2) is 10.4. The van der Waals surface area contributed by atoms with Gasteiger partial charge in [0.1, 0.15) is 0 Å². The summed E-state index contributed by atoms with van der Waals surface area (Å²) >= 11 is 0. The molecule has 0 aliphatic rings. The van der Waals surface area contributed by atoms with Crippen LogP contribution < -0.4 is 10.6 Å². The van der Waals surface area contributed by atoms with Crippen molar-refractivity contribution in [1.29, 1.82) is 0 Å². The minimum absolute atomic E-state index is 0. The summed E-state index contributed by atoms with van der Waals surface area (Å²) in [5.74, 6) is -0.0596. The van der Waals surface area contributed by atoms with Gasteiger partial charge in [-0.3, -0.25) is 4.79 Å². The molecule has 148 valence electrons. The summed E-state index contributed by atoms with van der Waals surface area (Å²) in [6.45, 7) is 2.77. The zero-order chi connectivity index (χ0) is 19.2. The van der Waals surface area contributed by atoms with Crippen LogP contribution in [0.25, 0.3) is 0 Å². The Hall–Kier alpha value is -1.89. The Morgan fingerprint density at radius 1 is 1.07 bits per heavy atom. The SMILES string of the molecule is CNCCCC(=O)NC(c1ccc(C)cc1)c1cccc(S(C)(=O)=O)c1.Cl. The summed E-state index contributed by atoms with van der Waals surface area (Å²) in [6.07, 6.45) is 2.34. The molecule has 2 rings (SSSR count). The Morgan fingerprint density at radius 3 is 2.33 bits per heavy atom. The van der Waals surface area contributed by atoms with Crippen LogP contribution in [-0.2, 0) is 14.6 Å². The van der Waals surface area contributed by atoms with E-state index in [2.05, 4.69) is 10.6 Å². The number of hydrogen-bond donors (Lipinski definition) is 2. The fraction of sp³-hybridized carbons (Fsp3) is 0.350. The van der Waals surface area contributed by atoms with E-state index in [0.717, 1.165) is 29.7 Å². The van der Waals surface area contributed by atoms with Gasteiger partial charge in [0.25, 0.3) is 0 Å². The largest absolute Gasteiger partial charge is 0.345 e. The molecule has 0 aliphatic heterocycles. The number of benzene rings is 2. The maximum Gasteiger partial charge on any atom is 0.220 e. The van der Waals surface area contributed by atoms with E-state index >= 15 is 0 Å². The molecule has 27 heavy (non-hydrogen) atoms. The number of carbonyl (C=O) groups excluding carboxylic acids is 1. The molecule has 5 nitrogen and oxygen atoms in total. The highest BCUT2D eigenvalue weighted by atomic mass is 35.5. The second-order valence-electron chi connectivity index (χ2n) is 6.46. The highest BCUT2D eigenvalue weighted by Crippen LogP contribution is 2.25. The lowest BCUT2D eigenvalue weighted by Crippen LogP contribution is -2.29. The Morgan fingerprint density at radius 2 is 1.74 bits per heavy atom. The number of amides is 1. The van der Waals surface area contributed by atoms with E-state index in [1.165, 1.54) is 6.26 Å². The number of carbonyl (C=O) groups is 1. The van der Waals surface area contributed by atoms with Crippen LogP contribution in [0.4, 0.5) is 0 Å². The van der Waals surface area contributed by atoms with Gasteiger partial charge < -0.3 is 10.6 Å². The molecule has 0 aliphatic carbocycles. The maximum absolute atomic E-state index is 12.4. The third kappa shape index (κ3) is 6.97. The first kappa shape index (κ1) is 23.1. The fourth-order valence-corrected chi connectivity index (χ4v) is 3.38. The van der Waals surface area contributed by atoms with Crippen molar-refractivity contribution in [3.8, 4) is 0 Å². The molecule has 0 saturated heterocycles. The molecule has 0 bridgehead atoms. The van der Waals surface area contributed by atoms with E-state index in [9.17, 15) is 13.2 Å². The lowest BCUT2D eigenvalue weighted by molar-refractivity contribution is -0.121. The molecule has 1 amide bonds. The summed E-state index contributed by atoms with van der Waals surface area (Å²) in [5, 5.41) is 6.07. The lowest BCUT2D eigenvalue weighted by Gasteiger charge is -2.21. The summed E-state index contributed by atoms with van der Waals surface area (Å²) in [6, 6.07) is 14.2. The second-order valence-corrected chi connectivity index (χ2v) is 8.48. The molecule has 0 heterocycles. The monoisotopic (exact) mass is 410 g/mol. The maximum atomic E-state index is 12.4. The van der Waals surface area contributed by atoms with E-state index in [4.69, 9.17) is 0 Å². The summed E-state index contributed by atoms with van der Waals surface area (Å²) in [4.78, 5) is 12.6. The predicted molar refractivity (Wildman–Crippen MR) is 111 cm³/mol. The molecule has 0 fully saturated rings. The quantitative estimate of drug-likeness (QED) is 0.656. The Kier molecular flexibility index (Phi) is 8.96. The molecule has 7 heteroatoms. The third-order valence-electron chi connectivity index (χ3n) is 4.17. The molecule has 2 aromatic carbocycles. The lowest BCUT2D eigenvalue weighted by atomic mass is 9.97. The number of aryl methyl sites for hydroxylation is 1. The highest BCUT2D eigenvalue weighted by molar-refractivity contribution is 7.90. The molecule has 0 saturated carbocycles. The van der Waals surface area contributed by atoms with Crippen molar-refractivity contribution in [1.82, 2.24) is 10.6 Å². The molecule has 1 atom stereocenters.